The van der Waals surface area contributed by atoms with Crippen molar-refractivity contribution in [3.05, 3.63) is 35.6 Å². The first-order valence-electron chi connectivity index (χ1n) is 7.33. The first kappa shape index (κ1) is 14.5. The number of rotatable bonds is 8. The van der Waals surface area contributed by atoms with Crippen LogP contribution in [0, 0.1) is 5.82 Å². The van der Waals surface area contributed by atoms with Crippen LogP contribution in [0.4, 0.5) is 4.39 Å². The van der Waals surface area contributed by atoms with Gasteiger partial charge in [-0.05, 0) is 43.9 Å². The highest BCUT2D eigenvalue weighted by Gasteiger charge is 2.23. The Morgan fingerprint density at radius 1 is 1.32 bits per heavy atom. The van der Waals surface area contributed by atoms with Crippen molar-refractivity contribution in [2.75, 3.05) is 6.54 Å². The molecule has 1 fully saturated rings. The van der Waals surface area contributed by atoms with E-state index in [1.807, 2.05) is 12.1 Å². The minimum absolute atomic E-state index is 0.0164. The van der Waals surface area contributed by atoms with Crippen LogP contribution in [0.15, 0.2) is 24.3 Å². The summed E-state index contributed by atoms with van der Waals surface area (Å²) in [5, 5.41) is 3.50. The molecule has 0 aliphatic heterocycles. The van der Waals surface area contributed by atoms with E-state index in [0.717, 1.165) is 24.9 Å². The van der Waals surface area contributed by atoms with Crippen molar-refractivity contribution in [2.24, 2.45) is 0 Å². The van der Waals surface area contributed by atoms with Crippen LogP contribution in [0.3, 0.4) is 0 Å². The quantitative estimate of drug-likeness (QED) is 0.771. The predicted molar refractivity (Wildman–Crippen MR) is 75.6 cm³/mol. The summed E-state index contributed by atoms with van der Waals surface area (Å²) in [6.45, 7) is 5.08. The topological polar surface area (TPSA) is 21.3 Å². The smallest absolute Gasteiger partial charge is 0.123 e. The van der Waals surface area contributed by atoms with Crippen molar-refractivity contribution in [2.45, 2.75) is 57.8 Å². The van der Waals surface area contributed by atoms with E-state index in [1.165, 1.54) is 25.0 Å². The Kier molecular flexibility index (Phi) is 5.34. The zero-order valence-corrected chi connectivity index (χ0v) is 11.9. The molecule has 1 aromatic carbocycles. The summed E-state index contributed by atoms with van der Waals surface area (Å²) in [6, 6.07) is 7.33. The molecule has 2 unspecified atom stereocenters. The van der Waals surface area contributed by atoms with Crippen LogP contribution in [0.1, 0.15) is 51.2 Å². The zero-order valence-electron chi connectivity index (χ0n) is 11.9. The summed E-state index contributed by atoms with van der Waals surface area (Å²) in [4.78, 5) is 0. The van der Waals surface area contributed by atoms with Crippen LogP contribution in [-0.4, -0.2) is 18.7 Å². The van der Waals surface area contributed by atoms with E-state index in [0.29, 0.717) is 6.04 Å². The first-order valence-corrected chi connectivity index (χ1v) is 7.33. The van der Waals surface area contributed by atoms with E-state index in [4.69, 9.17) is 4.74 Å². The molecule has 106 valence electrons. The molecule has 2 atom stereocenters. The molecule has 0 spiro atoms. The summed E-state index contributed by atoms with van der Waals surface area (Å²) < 4.78 is 19.1. The van der Waals surface area contributed by atoms with Crippen molar-refractivity contribution in [3.8, 4) is 0 Å². The molecule has 1 aliphatic rings. The van der Waals surface area contributed by atoms with E-state index in [2.05, 4.69) is 19.2 Å². The van der Waals surface area contributed by atoms with Crippen LogP contribution in [0.25, 0.3) is 0 Å². The van der Waals surface area contributed by atoms with Crippen LogP contribution < -0.4 is 5.32 Å². The molecule has 1 N–H and O–H groups in total. The van der Waals surface area contributed by atoms with Gasteiger partial charge in [0.15, 0.2) is 0 Å². The van der Waals surface area contributed by atoms with Gasteiger partial charge in [-0.1, -0.05) is 25.5 Å². The molecule has 1 aliphatic carbocycles. The second-order valence-corrected chi connectivity index (χ2v) is 5.46. The highest BCUT2D eigenvalue weighted by atomic mass is 19.1. The average molecular weight is 265 g/mol. The molecule has 0 aromatic heterocycles. The number of halogens is 1. The predicted octanol–water partition coefficient (Wildman–Crippen LogP) is 3.82. The zero-order chi connectivity index (χ0) is 13.7. The van der Waals surface area contributed by atoms with E-state index in [1.54, 1.807) is 0 Å². The fourth-order valence-electron chi connectivity index (χ4n) is 2.24. The summed E-state index contributed by atoms with van der Waals surface area (Å²) in [5.41, 5.74) is 1.05. The molecule has 0 heterocycles. The SMILES string of the molecule is CCCC(C)OC(CNC1CC1)c1ccc(F)cc1. The van der Waals surface area contributed by atoms with Gasteiger partial charge in [0.25, 0.3) is 0 Å². The van der Waals surface area contributed by atoms with Crippen LogP contribution in [-0.2, 0) is 4.74 Å². The lowest BCUT2D eigenvalue weighted by molar-refractivity contribution is -0.00743. The Morgan fingerprint density at radius 2 is 2.00 bits per heavy atom. The Labute approximate surface area is 115 Å². The van der Waals surface area contributed by atoms with Gasteiger partial charge in [0.2, 0.25) is 0 Å². The van der Waals surface area contributed by atoms with Gasteiger partial charge < -0.3 is 10.1 Å². The lowest BCUT2D eigenvalue weighted by atomic mass is 10.1. The molecule has 3 heteroatoms. The average Bonchev–Trinajstić information content (AvgIpc) is 3.20. The molecule has 0 radical (unpaired) electrons. The summed E-state index contributed by atoms with van der Waals surface area (Å²) >= 11 is 0. The second kappa shape index (κ2) is 7.01. The van der Waals surface area contributed by atoms with E-state index >= 15 is 0 Å². The lowest BCUT2D eigenvalue weighted by Crippen LogP contribution is -2.27. The fourth-order valence-corrected chi connectivity index (χ4v) is 2.24. The summed E-state index contributed by atoms with van der Waals surface area (Å²) in [7, 11) is 0. The van der Waals surface area contributed by atoms with Gasteiger partial charge >= 0.3 is 0 Å². The Hall–Kier alpha value is -0.930. The molecule has 19 heavy (non-hydrogen) atoms. The van der Waals surface area contributed by atoms with Crippen molar-refractivity contribution in [1.82, 2.24) is 5.32 Å². The highest BCUT2D eigenvalue weighted by Crippen LogP contribution is 2.24. The maximum Gasteiger partial charge on any atom is 0.123 e. The summed E-state index contributed by atoms with van der Waals surface area (Å²) in [6.07, 6.45) is 4.96. The molecule has 0 saturated heterocycles. The highest BCUT2D eigenvalue weighted by molar-refractivity contribution is 5.19. The van der Waals surface area contributed by atoms with Gasteiger partial charge in [-0.15, -0.1) is 0 Å². The maximum atomic E-state index is 13.0. The van der Waals surface area contributed by atoms with Crippen molar-refractivity contribution < 1.29 is 9.13 Å². The third kappa shape index (κ3) is 4.92. The molecule has 2 nitrogen and oxygen atoms in total. The van der Waals surface area contributed by atoms with Crippen LogP contribution in [0.5, 0.6) is 0 Å². The molecule has 1 aromatic rings. The molecule has 2 rings (SSSR count). The van der Waals surface area contributed by atoms with Gasteiger partial charge in [0.1, 0.15) is 5.82 Å². The number of hydrogen-bond donors (Lipinski definition) is 1. The molecular formula is C16H24FNO. The van der Waals surface area contributed by atoms with Gasteiger partial charge in [0.05, 0.1) is 12.2 Å². The molecular weight excluding hydrogens is 241 g/mol. The number of benzene rings is 1. The third-order valence-electron chi connectivity index (χ3n) is 3.50. The maximum absolute atomic E-state index is 13.0. The lowest BCUT2D eigenvalue weighted by Gasteiger charge is -2.23. The number of ether oxygens (including phenoxy) is 1. The van der Waals surface area contributed by atoms with Gasteiger partial charge in [0, 0.05) is 12.6 Å². The van der Waals surface area contributed by atoms with Crippen molar-refractivity contribution in [3.63, 3.8) is 0 Å². The summed E-state index contributed by atoms with van der Waals surface area (Å²) in [5.74, 6) is -0.195. The number of nitrogens with one attached hydrogen (secondary N) is 1. The second-order valence-electron chi connectivity index (χ2n) is 5.46. The van der Waals surface area contributed by atoms with E-state index in [9.17, 15) is 4.39 Å². The minimum atomic E-state index is -0.195. The molecule has 0 bridgehead atoms. The van der Waals surface area contributed by atoms with Crippen molar-refractivity contribution >= 4 is 0 Å². The third-order valence-corrected chi connectivity index (χ3v) is 3.50. The van der Waals surface area contributed by atoms with E-state index < -0.39 is 0 Å². The largest absolute Gasteiger partial charge is 0.369 e. The van der Waals surface area contributed by atoms with Gasteiger partial charge in [-0.3, -0.25) is 0 Å². The molecule has 0 amide bonds. The minimum Gasteiger partial charge on any atom is -0.369 e. The Morgan fingerprint density at radius 3 is 2.58 bits per heavy atom. The first-order chi connectivity index (χ1) is 9.19. The Balaban J connectivity index is 1.96. The normalized spacial score (nSPS) is 18.3. The van der Waals surface area contributed by atoms with Crippen LogP contribution in [0.2, 0.25) is 0 Å². The van der Waals surface area contributed by atoms with Crippen LogP contribution >= 0.6 is 0 Å². The van der Waals surface area contributed by atoms with E-state index in [-0.39, 0.29) is 18.0 Å². The standard InChI is InChI=1S/C16H24FNO/c1-3-4-12(2)19-16(11-18-15-9-10-15)13-5-7-14(17)8-6-13/h5-8,12,15-16,18H,3-4,9-11H2,1-2H3. The number of hydrogen-bond acceptors (Lipinski definition) is 2. The Bertz CT molecular complexity index is 375. The van der Waals surface area contributed by atoms with Gasteiger partial charge in [-0.2, -0.15) is 0 Å². The van der Waals surface area contributed by atoms with Crippen molar-refractivity contribution in [1.29, 1.82) is 0 Å². The monoisotopic (exact) mass is 265 g/mol. The fraction of sp³-hybridized carbons (Fsp3) is 0.625. The molecule has 1 saturated carbocycles. The van der Waals surface area contributed by atoms with Gasteiger partial charge in [-0.25, -0.2) is 4.39 Å².